The molecule has 0 aromatic rings. The number of rotatable bonds is 4. The number of hydrogen-bond acceptors (Lipinski definition) is 3. The van der Waals surface area contributed by atoms with Crippen LogP contribution in [-0.4, -0.2) is 36.1 Å². The van der Waals surface area contributed by atoms with Gasteiger partial charge in [-0.25, -0.2) is 0 Å². The van der Waals surface area contributed by atoms with Crippen LogP contribution >= 0.6 is 0 Å². The number of amides is 2. The van der Waals surface area contributed by atoms with Crippen LogP contribution in [0.2, 0.25) is 0 Å². The minimum Gasteiger partial charge on any atom is -0.396 e. The van der Waals surface area contributed by atoms with Crippen molar-refractivity contribution in [3.63, 3.8) is 0 Å². The van der Waals surface area contributed by atoms with Gasteiger partial charge in [-0.3, -0.25) is 9.59 Å². The highest BCUT2D eigenvalue weighted by molar-refractivity contribution is 5.90. The van der Waals surface area contributed by atoms with Gasteiger partial charge in [-0.1, -0.05) is 0 Å². The molecule has 1 aliphatic carbocycles. The van der Waals surface area contributed by atoms with Crippen molar-refractivity contribution in [1.29, 1.82) is 0 Å². The molecule has 1 heterocycles. The summed E-state index contributed by atoms with van der Waals surface area (Å²) in [6.07, 6.45) is 2.96. The summed E-state index contributed by atoms with van der Waals surface area (Å²) < 4.78 is 0. The molecule has 1 saturated heterocycles. The normalized spacial score (nSPS) is 27.3. The molecular formula is C10H16N2O3. The third-order valence-electron chi connectivity index (χ3n) is 3.24. The summed E-state index contributed by atoms with van der Waals surface area (Å²) in [5, 5.41) is 14.5. The van der Waals surface area contributed by atoms with Gasteiger partial charge in [0, 0.05) is 18.4 Å². The van der Waals surface area contributed by atoms with E-state index in [2.05, 4.69) is 10.6 Å². The van der Waals surface area contributed by atoms with Crippen molar-refractivity contribution in [3.05, 3.63) is 0 Å². The van der Waals surface area contributed by atoms with Crippen molar-refractivity contribution in [2.24, 2.45) is 5.41 Å². The van der Waals surface area contributed by atoms with Crippen molar-refractivity contribution >= 4 is 11.8 Å². The van der Waals surface area contributed by atoms with Gasteiger partial charge in [0.05, 0.1) is 6.61 Å². The van der Waals surface area contributed by atoms with Crippen LogP contribution in [0.5, 0.6) is 0 Å². The number of carbonyl (C=O) groups is 2. The Bertz CT molecular complexity index is 286. The fraction of sp³-hybridized carbons (Fsp3) is 0.800. The summed E-state index contributed by atoms with van der Waals surface area (Å²) in [5.41, 5.74) is -0.0712. The quantitative estimate of drug-likeness (QED) is 0.568. The van der Waals surface area contributed by atoms with Crippen molar-refractivity contribution in [1.82, 2.24) is 10.6 Å². The van der Waals surface area contributed by atoms with E-state index < -0.39 is 0 Å². The molecule has 15 heavy (non-hydrogen) atoms. The molecule has 2 aliphatic rings. The molecular weight excluding hydrogens is 196 g/mol. The maximum atomic E-state index is 11.6. The minimum atomic E-state index is -0.369. The van der Waals surface area contributed by atoms with Crippen LogP contribution in [-0.2, 0) is 9.59 Å². The SMILES string of the molecule is O=C1CC[C@@H](C(=O)NCC2(CO)CC2)N1. The molecule has 5 nitrogen and oxygen atoms in total. The van der Waals surface area contributed by atoms with E-state index in [0.29, 0.717) is 19.4 Å². The highest BCUT2D eigenvalue weighted by Crippen LogP contribution is 2.44. The number of carbonyl (C=O) groups excluding carboxylic acids is 2. The van der Waals surface area contributed by atoms with Crippen molar-refractivity contribution in [3.8, 4) is 0 Å². The first-order valence-electron chi connectivity index (χ1n) is 5.33. The summed E-state index contributed by atoms with van der Waals surface area (Å²) in [6, 6.07) is -0.369. The van der Waals surface area contributed by atoms with Crippen molar-refractivity contribution in [2.75, 3.05) is 13.2 Å². The van der Waals surface area contributed by atoms with E-state index in [1.807, 2.05) is 0 Å². The Kier molecular flexibility index (Phi) is 2.65. The Morgan fingerprint density at radius 3 is 2.80 bits per heavy atom. The summed E-state index contributed by atoms with van der Waals surface area (Å²) in [6.45, 7) is 0.652. The average molecular weight is 212 g/mol. The molecule has 0 aromatic heterocycles. The van der Waals surface area contributed by atoms with Gasteiger partial charge in [0.15, 0.2) is 0 Å². The molecule has 1 aliphatic heterocycles. The van der Waals surface area contributed by atoms with Crippen LogP contribution in [0.4, 0.5) is 0 Å². The van der Waals surface area contributed by atoms with Crippen LogP contribution in [0.3, 0.4) is 0 Å². The van der Waals surface area contributed by atoms with Crippen LogP contribution < -0.4 is 10.6 Å². The molecule has 2 amide bonds. The van der Waals surface area contributed by atoms with Crippen LogP contribution in [0, 0.1) is 5.41 Å². The zero-order valence-corrected chi connectivity index (χ0v) is 8.58. The zero-order chi connectivity index (χ0) is 10.9. The van der Waals surface area contributed by atoms with E-state index in [0.717, 1.165) is 12.8 Å². The average Bonchev–Trinajstić information content (AvgIpc) is 2.90. The first-order chi connectivity index (χ1) is 7.15. The molecule has 0 spiro atoms. The van der Waals surface area contributed by atoms with Gasteiger partial charge >= 0.3 is 0 Å². The van der Waals surface area contributed by atoms with Gasteiger partial charge < -0.3 is 15.7 Å². The number of hydrogen-bond donors (Lipinski definition) is 3. The van der Waals surface area contributed by atoms with E-state index in [1.54, 1.807) is 0 Å². The third-order valence-corrected chi connectivity index (χ3v) is 3.24. The lowest BCUT2D eigenvalue weighted by atomic mass is 10.1. The van der Waals surface area contributed by atoms with Crippen molar-refractivity contribution < 1.29 is 14.7 Å². The molecule has 3 N–H and O–H groups in total. The molecule has 84 valence electrons. The molecule has 0 bridgehead atoms. The molecule has 0 aromatic carbocycles. The lowest BCUT2D eigenvalue weighted by Gasteiger charge is -2.15. The summed E-state index contributed by atoms with van der Waals surface area (Å²) in [5.74, 6) is -0.181. The number of nitrogens with one attached hydrogen (secondary N) is 2. The Labute approximate surface area is 88.2 Å². The lowest BCUT2D eigenvalue weighted by Crippen LogP contribution is -2.44. The Balaban J connectivity index is 1.75. The fourth-order valence-electron chi connectivity index (χ4n) is 1.78. The Morgan fingerprint density at radius 2 is 2.33 bits per heavy atom. The molecule has 5 heteroatoms. The standard InChI is InChI=1S/C10H16N2O3/c13-6-10(3-4-10)5-11-9(15)7-1-2-8(14)12-7/h7,13H,1-6H2,(H,11,15)(H,12,14)/t7-/m0/s1. The second kappa shape index (κ2) is 3.81. The number of aliphatic hydroxyl groups excluding tert-OH is 1. The van der Waals surface area contributed by atoms with E-state index in [4.69, 9.17) is 5.11 Å². The smallest absolute Gasteiger partial charge is 0.242 e. The van der Waals surface area contributed by atoms with E-state index in [-0.39, 0.29) is 29.9 Å². The zero-order valence-electron chi connectivity index (χ0n) is 8.58. The van der Waals surface area contributed by atoms with Gasteiger partial charge in [-0.05, 0) is 19.3 Å². The Morgan fingerprint density at radius 1 is 1.60 bits per heavy atom. The highest BCUT2D eigenvalue weighted by atomic mass is 16.3. The van der Waals surface area contributed by atoms with Gasteiger partial charge in [0.25, 0.3) is 0 Å². The topological polar surface area (TPSA) is 78.4 Å². The monoisotopic (exact) mass is 212 g/mol. The second-order valence-electron chi connectivity index (χ2n) is 4.53. The first kappa shape index (κ1) is 10.4. The number of aliphatic hydroxyl groups is 1. The van der Waals surface area contributed by atoms with Crippen LogP contribution in [0.25, 0.3) is 0 Å². The second-order valence-corrected chi connectivity index (χ2v) is 4.53. The molecule has 2 fully saturated rings. The third kappa shape index (κ3) is 2.28. The van der Waals surface area contributed by atoms with Gasteiger partial charge in [0.2, 0.25) is 11.8 Å². The largest absolute Gasteiger partial charge is 0.396 e. The van der Waals surface area contributed by atoms with E-state index >= 15 is 0 Å². The summed E-state index contributed by atoms with van der Waals surface area (Å²) in [7, 11) is 0. The van der Waals surface area contributed by atoms with E-state index in [9.17, 15) is 9.59 Å². The van der Waals surface area contributed by atoms with Gasteiger partial charge in [-0.15, -0.1) is 0 Å². The molecule has 0 radical (unpaired) electrons. The summed E-state index contributed by atoms with van der Waals surface area (Å²) in [4.78, 5) is 22.5. The molecule has 1 saturated carbocycles. The van der Waals surface area contributed by atoms with Gasteiger partial charge in [0.1, 0.15) is 6.04 Å². The predicted molar refractivity (Wildman–Crippen MR) is 52.9 cm³/mol. The predicted octanol–water partition coefficient (Wildman–Crippen LogP) is -0.846. The highest BCUT2D eigenvalue weighted by Gasteiger charge is 2.42. The van der Waals surface area contributed by atoms with Crippen LogP contribution in [0.1, 0.15) is 25.7 Å². The first-order valence-corrected chi connectivity index (χ1v) is 5.33. The van der Waals surface area contributed by atoms with E-state index in [1.165, 1.54) is 0 Å². The lowest BCUT2D eigenvalue weighted by molar-refractivity contribution is -0.126. The molecule has 0 unspecified atom stereocenters. The minimum absolute atomic E-state index is 0.0570. The maximum absolute atomic E-state index is 11.6. The fourth-order valence-corrected chi connectivity index (χ4v) is 1.78. The molecule has 2 rings (SSSR count). The van der Waals surface area contributed by atoms with Crippen molar-refractivity contribution in [2.45, 2.75) is 31.7 Å². The molecule has 1 atom stereocenters. The van der Waals surface area contributed by atoms with Crippen LogP contribution in [0.15, 0.2) is 0 Å². The Hall–Kier alpha value is -1.10. The van der Waals surface area contributed by atoms with Gasteiger partial charge in [-0.2, -0.15) is 0 Å². The maximum Gasteiger partial charge on any atom is 0.242 e. The summed E-state index contributed by atoms with van der Waals surface area (Å²) >= 11 is 0.